The second kappa shape index (κ2) is 5.16. The maximum Gasteiger partial charge on any atom is 0.223 e. The van der Waals surface area contributed by atoms with Crippen molar-refractivity contribution in [3.63, 3.8) is 0 Å². The van der Waals surface area contributed by atoms with Gasteiger partial charge in [0.15, 0.2) is 0 Å². The molecular formula is C9H18NO. The Labute approximate surface area is 69.4 Å². The molecular weight excluding hydrogens is 138 g/mol. The first kappa shape index (κ1) is 10.5. The Morgan fingerprint density at radius 2 is 2.00 bits per heavy atom. The second-order valence-corrected chi connectivity index (χ2v) is 3.26. The van der Waals surface area contributed by atoms with Crippen LogP contribution in [0.15, 0.2) is 0 Å². The lowest BCUT2D eigenvalue weighted by Gasteiger charge is -2.15. The molecule has 0 heterocycles. The Bertz CT molecular complexity index is 121. The van der Waals surface area contributed by atoms with Gasteiger partial charge in [0.25, 0.3) is 0 Å². The van der Waals surface area contributed by atoms with Crippen LogP contribution in [0.3, 0.4) is 0 Å². The molecule has 1 N–H and O–H groups in total. The lowest BCUT2D eigenvalue weighted by atomic mass is 9.98. The highest BCUT2D eigenvalue weighted by atomic mass is 16.1. The van der Waals surface area contributed by atoms with Crippen molar-refractivity contribution in [3.8, 4) is 0 Å². The summed E-state index contributed by atoms with van der Waals surface area (Å²) in [7, 11) is 0. The van der Waals surface area contributed by atoms with Crippen LogP contribution in [0, 0.1) is 18.3 Å². The molecule has 0 aromatic rings. The number of rotatable bonds is 4. The third-order valence-electron chi connectivity index (χ3n) is 2.00. The first-order valence-corrected chi connectivity index (χ1v) is 4.15. The van der Waals surface area contributed by atoms with E-state index in [1.54, 1.807) is 13.3 Å². The standard InChI is InChI=1S/C9H18NO/c1-5-9(11)10-6-8(4)7(2)3/h5,7-8H,6H2,1-4H3,(H,10,11). The van der Waals surface area contributed by atoms with Crippen molar-refractivity contribution in [2.24, 2.45) is 11.8 Å². The van der Waals surface area contributed by atoms with E-state index in [1.807, 2.05) is 0 Å². The summed E-state index contributed by atoms with van der Waals surface area (Å²) < 4.78 is 0. The van der Waals surface area contributed by atoms with Crippen molar-refractivity contribution in [1.29, 1.82) is 0 Å². The van der Waals surface area contributed by atoms with Crippen LogP contribution < -0.4 is 5.32 Å². The van der Waals surface area contributed by atoms with Crippen LogP contribution >= 0.6 is 0 Å². The van der Waals surface area contributed by atoms with Gasteiger partial charge >= 0.3 is 0 Å². The minimum atomic E-state index is 0.0255. The molecule has 0 rings (SSSR count). The normalized spacial score (nSPS) is 13.2. The van der Waals surface area contributed by atoms with Crippen molar-refractivity contribution in [2.45, 2.75) is 27.7 Å². The van der Waals surface area contributed by atoms with E-state index >= 15 is 0 Å². The monoisotopic (exact) mass is 156 g/mol. The number of nitrogens with one attached hydrogen (secondary N) is 1. The Morgan fingerprint density at radius 3 is 2.36 bits per heavy atom. The zero-order chi connectivity index (χ0) is 8.85. The van der Waals surface area contributed by atoms with Gasteiger partial charge in [0.05, 0.1) is 0 Å². The van der Waals surface area contributed by atoms with Gasteiger partial charge in [0.2, 0.25) is 5.91 Å². The van der Waals surface area contributed by atoms with E-state index < -0.39 is 0 Å². The molecule has 1 amide bonds. The molecule has 1 atom stereocenters. The molecule has 1 unspecified atom stereocenters. The summed E-state index contributed by atoms with van der Waals surface area (Å²) >= 11 is 0. The second-order valence-electron chi connectivity index (χ2n) is 3.26. The van der Waals surface area contributed by atoms with Crippen molar-refractivity contribution in [3.05, 3.63) is 6.42 Å². The number of amides is 1. The van der Waals surface area contributed by atoms with Gasteiger partial charge in [-0.15, -0.1) is 0 Å². The zero-order valence-corrected chi connectivity index (χ0v) is 7.85. The Hall–Kier alpha value is -0.530. The molecule has 0 saturated heterocycles. The largest absolute Gasteiger partial charge is 0.356 e. The predicted molar refractivity (Wildman–Crippen MR) is 47.0 cm³/mol. The van der Waals surface area contributed by atoms with E-state index in [9.17, 15) is 4.79 Å². The third-order valence-corrected chi connectivity index (χ3v) is 2.00. The molecule has 2 heteroatoms. The Morgan fingerprint density at radius 1 is 1.45 bits per heavy atom. The molecule has 2 nitrogen and oxygen atoms in total. The zero-order valence-electron chi connectivity index (χ0n) is 7.85. The molecule has 0 saturated carbocycles. The van der Waals surface area contributed by atoms with Crippen LogP contribution in [0.4, 0.5) is 0 Å². The molecule has 0 spiro atoms. The smallest absolute Gasteiger partial charge is 0.223 e. The quantitative estimate of drug-likeness (QED) is 0.658. The molecule has 0 aliphatic heterocycles. The highest BCUT2D eigenvalue weighted by Crippen LogP contribution is 2.07. The van der Waals surface area contributed by atoms with Gasteiger partial charge in [-0.2, -0.15) is 0 Å². The average Bonchev–Trinajstić information content (AvgIpc) is 1.99. The number of carbonyl (C=O) groups excluding carboxylic acids is 1. The summed E-state index contributed by atoms with van der Waals surface area (Å²) in [6.45, 7) is 8.98. The number of carbonyl (C=O) groups is 1. The van der Waals surface area contributed by atoms with Crippen LogP contribution in [0.2, 0.25) is 0 Å². The fourth-order valence-electron chi connectivity index (χ4n) is 0.599. The maximum absolute atomic E-state index is 10.8. The van der Waals surface area contributed by atoms with Gasteiger partial charge in [-0.05, 0) is 11.8 Å². The van der Waals surface area contributed by atoms with Crippen LogP contribution in [0.25, 0.3) is 0 Å². The summed E-state index contributed by atoms with van der Waals surface area (Å²) in [5.41, 5.74) is 0. The fraction of sp³-hybridized carbons (Fsp3) is 0.778. The van der Waals surface area contributed by atoms with Crippen molar-refractivity contribution >= 4 is 5.91 Å². The molecule has 0 aromatic carbocycles. The third kappa shape index (κ3) is 4.82. The van der Waals surface area contributed by atoms with Gasteiger partial charge in [-0.25, -0.2) is 0 Å². The summed E-state index contributed by atoms with van der Waals surface area (Å²) in [5, 5.41) is 2.82. The Balaban J connectivity index is 3.45. The van der Waals surface area contributed by atoms with Crippen molar-refractivity contribution in [2.75, 3.05) is 6.54 Å². The summed E-state index contributed by atoms with van der Waals surface area (Å²) in [4.78, 5) is 10.8. The van der Waals surface area contributed by atoms with E-state index in [-0.39, 0.29) is 5.91 Å². The number of hydrogen-bond donors (Lipinski definition) is 1. The van der Waals surface area contributed by atoms with Gasteiger partial charge in [-0.1, -0.05) is 27.7 Å². The lowest BCUT2D eigenvalue weighted by Crippen LogP contribution is -2.29. The van der Waals surface area contributed by atoms with Gasteiger partial charge in [-0.3, -0.25) is 4.79 Å². The predicted octanol–water partition coefficient (Wildman–Crippen LogP) is 1.62. The van der Waals surface area contributed by atoms with Crippen LogP contribution in [0.1, 0.15) is 27.7 Å². The molecule has 0 aromatic heterocycles. The number of hydrogen-bond acceptors (Lipinski definition) is 1. The van der Waals surface area contributed by atoms with Crippen LogP contribution in [-0.4, -0.2) is 12.5 Å². The first-order chi connectivity index (χ1) is 5.07. The van der Waals surface area contributed by atoms with E-state index in [0.29, 0.717) is 11.8 Å². The van der Waals surface area contributed by atoms with Gasteiger partial charge in [0, 0.05) is 13.0 Å². The average molecular weight is 156 g/mol. The molecule has 0 aliphatic rings. The molecule has 0 bridgehead atoms. The van der Waals surface area contributed by atoms with E-state index in [4.69, 9.17) is 0 Å². The highest BCUT2D eigenvalue weighted by molar-refractivity contribution is 5.83. The summed E-state index contributed by atoms with van der Waals surface area (Å²) in [5.74, 6) is 1.21. The molecule has 11 heavy (non-hydrogen) atoms. The Kier molecular flexibility index (Phi) is 4.92. The minimum absolute atomic E-state index is 0.0255. The van der Waals surface area contributed by atoms with Gasteiger partial charge < -0.3 is 5.32 Å². The SMILES string of the molecule is C[CH]C(=O)NCC(C)C(C)C. The van der Waals surface area contributed by atoms with Crippen LogP contribution in [-0.2, 0) is 4.79 Å². The molecule has 1 radical (unpaired) electrons. The summed E-state index contributed by atoms with van der Waals surface area (Å²) in [6, 6.07) is 0. The maximum atomic E-state index is 10.8. The fourth-order valence-corrected chi connectivity index (χ4v) is 0.599. The molecule has 0 aliphatic carbocycles. The topological polar surface area (TPSA) is 29.1 Å². The summed E-state index contributed by atoms with van der Waals surface area (Å²) in [6.07, 6.45) is 1.55. The van der Waals surface area contributed by atoms with Crippen LogP contribution in [0.5, 0.6) is 0 Å². The van der Waals surface area contributed by atoms with Crippen molar-refractivity contribution in [1.82, 2.24) is 5.32 Å². The van der Waals surface area contributed by atoms with E-state index in [2.05, 4.69) is 26.1 Å². The highest BCUT2D eigenvalue weighted by Gasteiger charge is 2.07. The first-order valence-electron chi connectivity index (χ1n) is 4.15. The van der Waals surface area contributed by atoms with E-state index in [1.165, 1.54) is 0 Å². The van der Waals surface area contributed by atoms with Crippen molar-refractivity contribution < 1.29 is 4.79 Å². The molecule has 65 valence electrons. The minimum Gasteiger partial charge on any atom is -0.356 e. The lowest BCUT2D eigenvalue weighted by molar-refractivity contribution is -0.118. The van der Waals surface area contributed by atoms with E-state index in [0.717, 1.165) is 6.54 Å². The van der Waals surface area contributed by atoms with Gasteiger partial charge in [0.1, 0.15) is 0 Å². The molecule has 0 fully saturated rings.